The first-order valence-corrected chi connectivity index (χ1v) is 13.0. The molecule has 4 aliphatic rings. The van der Waals surface area contributed by atoms with E-state index in [0.29, 0.717) is 24.2 Å². The topological polar surface area (TPSA) is 281 Å². The first-order valence-electron chi connectivity index (χ1n) is 13.0. The van der Waals surface area contributed by atoms with Crippen LogP contribution in [0.4, 0.5) is 0 Å². The van der Waals surface area contributed by atoms with Crippen molar-refractivity contribution in [2.75, 3.05) is 26.2 Å². The van der Waals surface area contributed by atoms with Gasteiger partial charge in [0.2, 0.25) is 25.2 Å². The molecule has 0 bridgehead atoms. The third-order valence-corrected chi connectivity index (χ3v) is 6.16. The average molecular weight is 745 g/mol. The maximum Gasteiger partial charge on any atom is 2.00 e. The first-order chi connectivity index (χ1) is 17.2. The summed E-state index contributed by atoms with van der Waals surface area (Å²) in [5.74, 6) is 0. The molecule has 0 amide bonds. The molecule has 3 radical (unpaired) electrons. The average Bonchev–Trinajstić information content (AvgIpc) is 2.92. The number of hydrogen-bond donors (Lipinski definition) is 8. The van der Waals surface area contributed by atoms with E-state index in [1.807, 2.05) is 0 Å². The fraction of sp³-hybridized carbons (Fsp3) is 0.917. The summed E-state index contributed by atoms with van der Waals surface area (Å²) in [5.41, 5.74) is 0. The van der Waals surface area contributed by atoms with Crippen molar-refractivity contribution in [1.29, 1.82) is 0 Å². The third-order valence-electron chi connectivity index (χ3n) is 6.16. The van der Waals surface area contributed by atoms with Gasteiger partial charge in [-0.15, -0.1) is 44.3 Å². The third kappa shape index (κ3) is 25.7. The minimum absolute atomic E-state index is 0. The molecule has 0 aromatic heterocycles. The predicted molar refractivity (Wildman–Crippen MR) is 143 cm³/mol. The van der Waals surface area contributed by atoms with Gasteiger partial charge in [0.05, 0.1) is 0 Å². The molecule has 12 N–H and O–H groups in total. The van der Waals surface area contributed by atoms with Gasteiger partial charge in [-0.25, -0.2) is 0 Å². The summed E-state index contributed by atoms with van der Waals surface area (Å²) in [5, 5.41) is 80.0. The molecular weight excluding hydrogens is 695 g/mol. The Labute approximate surface area is 275 Å². The fourth-order valence-corrected chi connectivity index (χ4v) is 4.19. The van der Waals surface area contributed by atoms with E-state index in [0.717, 1.165) is 32.6 Å². The molecular formula is C24H50Cu3N4O10. The normalized spacial score (nSPS) is 25.1. The summed E-state index contributed by atoms with van der Waals surface area (Å²) in [6.07, 6.45) is 9.31. The van der Waals surface area contributed by atoms with E-state index in [-0.39, 0.29) is 62.2 Å². The number of aliphatic hydroxyl groups is 8. The molecule has 4 aliphatic heterocycles. The smallest absolute Gasteiger partial charge is 0.661 e. The Kier molecular flexibility index (Phi) is 40.2. The summed E-state index contributed by atoms with van der Waals surface area (Å²) in [4.78, 5) is 0. The Balaban J connectivity index is -0.000000142. The van der Waals surface area contributed by atoms with Crippen molar-refractivity contribution in [3.05, 3.63) is 33.4 Å². The Hall–Kier alpha value is 0.738. The van der Waals surface area contributed by atoms with E-state index in [1.54, 1.807) is 0 Å². The predicted octanol–water partition coefficient (Wildman–Crippen LogP) is -0.988. The molecule has 4 atom stereocenters. The first kappa shape index (κ1) is 51.3. The van der Waals surface area contributed by atoms with E-state index >= 15 is 0 Å². The van der Waals surface area contributed by atoms with Gasteiger partial charge >= 0.3 is 34.1 Å². The molecule has 14 nitrogen and oxygen atoms in total. The largest absolute Gasteiger partial charge is 2.00 e. The number of piperidine rings is 3. The maximum atomic E-state index is 7.69. The van der Waals surface area contributed by atoms with Crippen LogP contribution in [-0.4, -0.2) is 127 Å². The fourth-order valence-electron chi connectivity index (χ4n) is 4.19. The van der Waals surface area contributed by atoms with Crippen LogP contribution in [0.2, 0.25) is 0 Å². The van der Waals surface area contributed by atoms with Gasteiger partial charge in [-0.3, -0.25) is 0 Å². The molecule has 0 aromatic rings. The van der Waals surface area contributed by atoms with Crippen molar-refractivity contribution >= 4 is 0 Å². The van der Waals surface area contributed by atoms with Gasteiger partial charge < -0.3 is 73.1 Å². The van der Waals surface area contributed by atoms with Crippen molar-refractivity contribution in [2.24, 2.45) is 0 Å². The van der Waals surface area contributed by atoms with Crippen molar-refractivity contribution in [3.63, 3.8) is 0 Å². The zero-order chi connectivity index (χ0) is 26.8. The van der Waals surface area contributed by atoms with Crippen LogP contribution in [0.25, 0.3) is 21.3 Å². The Morgan fingerprint density at radius 2 is 0.829 bits per heavy atom. The molecule has 259 valence electrons. The molecule has 0 aliphatic carbocycles. The molecule has 0 aromatic carbocycles. The summed E-state index contributed by atoms with van der Waals surface area (Å²) >= 11 is 0. The van der Waals surface area contributed by atoms with Gasteiger partial charge in [0.1, 0.15) is 0 Å². The molecule has 3 fully saturated rings. The van der Waals surface area contributed by atoms with E-state index in [4.69, 9.17) is 40.9 Å². The Morgan fingerprint density at radius 3 is 1.07 bits per heavy atom. The maximum absolute atomic E-state index is 7.69. The van der Waals surface area contributed by atoms with Crippen LogP contribution < -0.4 is 0 Å². The van der Waals surface area contributed by atoms with Gasteiger partial charge in [0.15, 0.2) is 0 Å². The minimum atomic E-state index is -2.04. The van der Waals surface area contributed by atoms with Crippen LogP contribution >= 0.6 is 0 Å². The second-order valence-electron chi connectivity index (χ2n) is 9.18. The van der Waals surface area contributed by atoms with Crippen molar-refractivity contribution in [3.8, 4) is 0 Å². The molecule has 0 saturated carbocycles. The quantitative estimate of drug-likeness (QED) is 0.100. The monoisotopic (exact) mass is 743 g/mol. The molecule has 0 spiro atoms. The molecule has 4 unspecified atom stereocenters. The van der Waals surface area contributed by atoms with Gasteiger partial charge in [-0.2, -0.15) is 12.1 Å². The van der Waals surface area contributed by atoms with Gasteiger partial charge in [0.25, 0.3) is 0 Å². The molecule has 3 saturated heterocycles. The second kappa shape index (κ2) is 32.1. The van der Waals surface area contributed by atoms with Gasteiger partial charge in [0, 0.05) is 17.1 Å². The summed E-state index contributed by atoms with van der Waals surface area (Å²) < 4.78 is 0. The van der Waals surface area contributed by atoms with Crippen LogP contribution in [0, 0.1) is 0 Å². The number of aliphatic hydroxyl groups excluding tert-OH is 4. The summed E-state index contributed by atoms with van der Waals surface area (Å²) in [6.45, 7) is 4.26. The molecule has 17 heteroatoms. The summed E-state index contributed by atoms with van der Waals surface area (Å²) in [6, 6.07) is 2.12. The molecule has 4 heterocycles. The number of nitrogens with zero attached hydrogens (tertiary/aromatic N) is 4. The van der Waals surface area contributed by atoms with Crippen molar-refractivity contribution in [2.45, 2.75) is 114 Å². The number of rotatable bonds is 4. The Morgan fingerprint density at radius 1 is 0.488 bits per heavy atom. The van der Waals surface area contributed by atoms with Gasteiger partial charge in [-0.1, -0.05) is 70.3 Å². The number of hydrogen-bond acceptors (Lipinski definition) is 8. The van der Waals surface area contributed by atoms with E-state index in [1.165, 1.54) is 57.8 Å². The molecule has 41 heavy (non-hydrogen) atoms. The van der Waals surface area contributed by atoms with Gasteiger partial charge in [-0.05, 0) is 0 Å². The zero-order valence-corrected chi connectivity index (χ0v) is 25.8. The van der Waals surface area contributed by atoms with Crippen molar-refractivity contribution < 1.29 is 103 Å². The van der Waals surface area contributed by atoms with E-state index < -0.39 is 25.2 Å². The second-order valence-corrected chi connectivity index (χ2v) is 9.18. The zero-order valence-electron chi connectivity index (χ0n) is 22.9. The van der Waals surface area contributed by atoms with Crippen LogP contribution in [0.1, 0.15) is 64.2 Å². The minimum Gasteiger partial charge on any atom is -0.661 e. The van der Waals surface area contributed by atoms with Crippen LogP contribution in [0.3, 0.4) is 0 Å². The summed E-state index contributed by atoms with van der Waals surface area (Å²) in [7, 11) is 0. The Bertz CT molecular complexity index is 516. The van der Waals surface area contributed by atoms with E-state index in [2.05, 4.69) is 33.4 Å². The van der Waals surface area contributed by atoms with Crippen LogP contribution in [-0.2, 0) is 51.2 Å². The van der Waals surface area contributed by atoms with Crippen LogP contribution in [0.5, 0.6) is 0 Å². The van der Waals surface area contributed by atoms with Crippen molar-refractivity contribution in [1.82, 2.24) is 0 Å². The van der Waals surface area contributed by atoms with Crippen LogP contribution in [0.15, 0.2) is 12.2 Å². The standard InChI is InChI=1S/C10H18N2.C10H16N2.2C2H6O4.3Cu.2H2O/c2*1-3-7-11-9(5-1)10-6-2-4-8-12-10;2*3-1(4)2(5)6;;;;;/h9-10H,1-8H2;1,5,9-10H,2-4,6-8H2;2*1-6H;;;;2*1H2/q2*-2;;;;2*+2;;. The van der Waals surface area contributed by atoms with E-state index in [9.17, 15) is 0 Å². The molecule has 4 rings (SSSR count). The SMILES string of the molecule is C1=CC(C2CCCC[N-]2)[N-]CC1.C1CCC(C2CCCC[N-]2)[N-]C1.O.O.OC(O)C(O)O.OC(O)C(O)O.[Cu+2].[Cu+2].[Cu].